The SMILES string of the molecule is CC(C)CNCc1ccc(N(C)Cc2cc(Br)cs2)nn1. The van der Waals surface area contributed by atoms with Gasteiger partial charge in [-0.15, -0.1) is 16.4 Å². The Bertz CT molecular complexity index is 553. The van der Waals surface area contributed by atoms with Gasteiger partial charge in [-0.1, -0.05) is 13.8 Å². The van der Waals surface area contributed by atoms with Crippen LogP contribution in [-0.4, -0.2) is 23.8 Å². The van der Waals surface area contributed by atoms with Crippen molar-refractivity contribution in [2.24, 2.45) is 5.92 Å². The van der Waals surface area contributed by atoms with Crippen LogP contribution in [0.25, 0.3) is 0 Å². The molecule has 0 aliphatic heterocycles. The molecule has 0 amide bonds. The Kier molecular flexibility index (Phi) is 6.14. The minimum Gasteiger partial charge on any atom is -0.353 e. The lowest BCUT2D eigenvalue weighted by atomic mass is 10.2. The van der Waals surface area contributed by atoms with Crippen molar-refractivity contribution >= 4 is 33.1 Å². The van der Waals surface area contributed by atoms with Crippen LogP contribution in [0, 0.1) is 5.92 Å². The first-order valence-electron chi connectivity index (χ1n) is 7.02. The van der Waals surface area contributed by atoms with E-state index in [2.05, 4.69) is 61.6 Å². The molecule has 0 unspecified atom stereocenters. The molecule has 0 bridgehead atoms. The number of nitrogens with zero attached hydrogens (tertiary/aromatic N) is 3. The van der Waals surface area contributed by atoms with Crippen LogP contribution >= 0.6 is 27.3 Å². The standard InChI is InChI=1S/C15H21BrN4S/c1-11(2)7-17-8-13-4-5-15(19-18-13)20(3)9-14-6-12(16)10-21-14/h4-6,10-11,17H,7-9H2,1-3H3. The normalized spacial score (nSPS) is 11.1. The minimum atomic E-state index is 0.647. The number of nitrogens with one attached hydrogen (secondary N) is 1. The van der Waals surface area contributed by atoms with Gasteiger partial charge in [0.2, 0.25) is 0 Å². The van der Waals surface area contributed by atoms with Crippen LogP contribution in [0.1, 0.15) is 24.4 Å². The van der Waals surface area contributed by atoms with Crippen molar-refractivity contribution in [2.75, 3.05) is 18.5 Å². The number of hydrogen-bond donors (Lipinski definition) is 1. The molecule has 0 saturated heterocycles. The summed E-state index contributed by atoms with van der Waals surface area (Å²) in [5, 5.41) is 14.1. The third-order valence-electron chi connectivity index (χ3n) is 2.97. The summed E-state index contributed by atoms with van der Waals surface area (Å²) < 4.78 is 1.13. The van der Waals surface area contributed by atoms with Gasteiger partial charge < -0.3 is 10.2 Å². The Morgan fingerprint density at radius 2 is 2.14 bits per heavy atom. The predicted molar refractivity (Wildman–Crippen MR) is 92.7 cm³/mol. The van der Waals surface area contributed by atoms with E-state index < -0.39 is 0 Å². The topological polar surface area (TPSA) is 41.0 Å². The summed E-state index contributed by atoms with van der Waals surface area (Å²) in [5.74, 6) is 1.54. The second-order valence-electron chi connectivity index (χ2n) is 5.49. The van der Waals surface area contributed by atoms with Crippen LogP contribution in [0.15, 0.2) is 28.1 Å². The van der Waals surface area contributed by atoms with Crippen molar-refractivity contribution in [3.8, 4) is 0 Å². The zero-order valence-corrected chi connectivity index (χ0v) is 15.0. The van der Waals surface area contributed by atoms with E-state index in [4.69, 9.17) is 0 Å². The molecule has 0 fully saturated rings. The molecule has 0 radical (unpaired) electrons. The molecule has 2 rings (SSSR count). The number of aromatic nitrogens is 2. The van der Waals surface area contributed by atoms with Gasteiger partial charge in [0.15, 0.2) is 5.82 Å². The first-order valence-corrected chi connectivity index (χ1v) is 8.69. The molecule has 2 aromatic heterocycles. The number of thiophene rings is 1. The maximum atomic E-state index is 4.31. The second kappa shape index (κ2) is 7.87. The molecular weight excluding hydrogens is 348 g/mol. The van der Waals surface area contributed by atoms with Crippen LogP contribution < -0.4 is 10.2 Å². The van der Waals surface area contributed by atoms with Gasteiger partial charge in [-0.3, -0.25) is 0 Å². The van der Waals surface area contributed by atoms with Gasteiger partial charge >= 0.3 is 0 Å². The maximum absolute atomic E-state index is 4.31. The minimum absolute atomic E-state index is 0.647. The average molecular weight is 369 g/mol. The zero-order chi connectivity index (χ0) is 15.2. The summed E-state index contributed by atoms with van der Waals surface area (Å²) in [6.45, 7) is 7.00. The highest BCUT2D eigenvalue weighted by atomic mass is 79.9. The summed E-state index contributed by atoms with van der Waals surface area (Å²) in [7, 11) is 2.04. The first kappa shape index (κ1) is 16.4. The number of halogens is 1. The average Bonchev–Trinajstić information content (AvgIpc) is 2.84. The third kappa shape index (κ3) is 5.37. The summed E-state index contributed by atoms with van der Waals surface area (Å²) in [4.78, 5) is 3.41. The fourth-order valence-electron chi connectivity index (χ4n) is 1.89. The van der Waals surface area contributed by atoms with Gasteiger partial charge in [0.05, 0.1) is 12.2 Å². The van der Waals surface area contributed by atoms with Crippen LogP contribution in [0.5, 0.6) is 0 Å². The highest BCUT2D eigenvalue weighted by molar-refractivity contribution is 9.10. The largest absolute Gasteiger partial charge is 0.353 e. The van der Waals surface area contributed by atoms with E-state index in [1.165, 1.54) is 4.88 Å². The zero-order valence-electron chi connectivity index (χ0n) is 12.6. The van der Waals surface area contributed by atoms with Crippen molar-refractivity contribution in [3.05, 3.63) is 38.6 Å². The second-order valence-corrected chi connectivity index (χ2v) is 7.41. The molecule has 0 aliphatic carbocycles. The number of anilines is 1. The van der Waals surface area contributed by atoms with Crippen LogP contribution in [-0.2, 0) is 13.1 Å². The Labute approximate surface area is 138 Å². The van der Waals surface area contributed by atoms with Crippen molar-refractivity contribution in [2.45, 2.75) is 26.9 Å². The van der Waals surface area contributed by atoms with Crippen molar-refractivity contribution in [3.63, 3.8) is 0 Å². The van der Waals surface area contributed by atoms with Gasteiger partial charge in [0, 0.05) is 28.3 Å². The highest BCUT2D eigenvalue weighted by Gasteiger charge is 2.06. The van der Waals surface area contributed by atoms with E-state index in [1.54, 1.807) is 11.3 Å². The molecule has 6 heteroatoms. The quantitative estimate of drug-likeness (QED) is 0.808. The van der Waals surface area contributed by atoms with Crippen molar-refractivity contribution < 1.29 is 0 Å². The highest BCUT2D eigenvalue weighted by Crippen LogP contribution is 2.22. The Morgan fingerprint density at radius 3 is 2.71 bits per heavy atom. The lowest BCUT2D eigenvalue weighted by molar-refractivity contribution is 0.546. The van der Waals surface area contributed by atoms with E-state index in [0.29, 0.717) is 5.92 Å². The fraction of sp³-hybridized carbons (Fsp3) is 0.467. The summed E-state index contributed by atoms with van der Waals surface area (Å²) >= 11 is 5.22. The van der Waals surface area contributed by atoms with E-state index >= 15 is 0 Å². The van der Waals surface area contributed by atoms with Crippen molar-refractivity contribution in [1.82, 2.24) is 15.5 Å². The Morgan fingerprint density at radius 1 is 1.33 bits per heavy atom. The lowest BCUT2D eigenvalue weighted by Gasteiger charge is -2.16. The molecule has 4 nitrogen and oxygen atoms in total. The smallest absolute Gasteiger partial charge is 0.151 e. The monoisotopic (exact) mass is 368 g/mol. The van der Waals surface area contributed by atoms with E-state index in [9.17, 15) is 0 Å². The Hall–Kier alpha value is -0.980. The van der Waals surface area contributed by atoms with Gasteiger partial charge in [-0.25, -0.2) is 0 Å². The fourth-order valence-corrected chi connectivity index (χ4v) is 3.39. The van der Waals surface area contributed by atoms with Crippen LogP contribution in [0.4, 0.5) is 5.82 Å². The Balaban J connectivity index is 1.88. The van der Waals surface area contributed by atoms with Gasteiger partial charge in [0.1, 0.15) is 0 Å². The maximum Gasteiger partial charge on any atom is 0.151 e. The lowest BCUT2D eigenvalue weighted by Crippen LogP contribution is -2.21. The first-order chi connectivity index (χ1) is 10.0. The molecule has 0 saturated carbocycles. The molecule has 2 aromatic rings. The molecule has 1 N–H and O–H groups in total. The summed E-state index contributed by atoms with van der Waals surface area (Å²) in [5.41, 5.74) is 0.978. The molecule has 0 atom stereocenters. The molecule has 0 spiro atoms. The number of hydrogen-bond acceptors (Lipinski definition) is 5. The van der Waals surface area contributed by atoms with Gasteiger partial charge in [-0.05, 0) is 46.6 Å². The van der Waals surface area contributed by atoms with Crippen LogP contribution in [0.2, 0.25) is 0 Å². The molecule has 114 valence electrons. The molecular formula is C15H21BrN4S. The summed E-state index contributed by atoms with van der Waals surface area (Å²) in [6, 6.07) is 6.21. The van der Waals surface area contributed by atoms with E-state index in [1.807, 2.05) is 19.2 Å². The molecule has 2 heterocycles. The van der Waals surface area contributed by atoms with Crippen LogP contribution in [0.3, 0.4) is 0 Å². The summed E-state index contributed by atoms with van der Waals surface area (Å²) in [6.07, 6.45) is 0. The third-order valence-corrected chi connectivity index (χ3v) is 4.65. The van der Waals surface area contributed by atoms with Crippen molar-refractivity contribution in [1.29, 1.82) is 0 Å². The predicted octanol–water partition coefficient (Wildman–Crippen LogP) is 3.68. The number of rotatable bonds is 7. The molecule has 21 heavy (non-hydrogen) atoms. The van der Waals surface area contributed by atoms with Gasteiger partial charge in [0.25, 0.3) is 0 Å². The van der Waals surface area contributed by atoms with E-state index in [-0.39, 0.29) is 0 Å². The van der Waals surface area contributed by atoms with E-state index in [0.717, 1.165) is 35.6 Å². The molecule has 0 aromatic carbocycles. The molecule has 0 aliphatic rings. The van der Waals surface area contributed by atoms with Gasteiger partial charge in [-0.2, -0.15) is 5.10 Å².